The van der Waals surface area contributed by atoms with Crippen molar-refractivity contribution in [1.29, 1.82) is 0 Å². The maximum Gasteiger partial charge on any atom is 0.0334 e. The Hall–Kier alpha value is -0.680. The molecule has 0 saturated carbocycles. The molecule has 0 radical (unpaired) electrons. The molecule has 20 heavy (non-hydrogen) atoms. The number of rotatable bonds is 5. The van der Waals surface area contributed by atoms with Gasteiger partial charge in [-0.15, -0.1) is 22.7 Å². The largest absolute Gasteiger partial charge is 0.310 e. The lowest BCUT2D eigenvalue weighted by molar-refractivity contribution is 0.143. The van der Waals surface area contributed by atoms with Crippen LogP contribution in [0, 0.1) is 0 Å². The Labute approximate surface area is 129 Å². The molecule has 2 unspecified atom stereocenters. The van der Waals surface area contributed by atoms with Gasteiger partial charge < -0.3 is 5.32 Å². The van der Waals surface area contributed by atoms with Crippen molar-refractivity contribution in [2.45, 2.75) is 38.9 Å². The van der Waals surface area contributed by atoms with E-state index in [2.05, 4.69) is 53.0 Å². The molecule has 0 aliphatic carbocycles. The van der Waals surface area contributed by atoms with E-state index < -0.39 is 0 Å². The molecule has 1 N–H and O–H groups in total. The maximum absolute atomic E-state index is 3.59. The molecular weight excluding hydrogens is 284 g/mol. The SMILES string of the molecule is CC(CNCc1cccs1)N1CCc2sccc2C1C. The predicted molar refractivity (Wildman–Crippen MR) is 88.6 cm³/mol. The Balaban J connectivity index is 1.54. The van der Waals surface area contributed by atoms with Gasteiger partial charge in [-0.1, -0.05) is 6.07 Å². The summed E-state index contributed by atoms with van der Waals surface area (Å²) in [5.41, 5.74) is 1.55. The topological polar surface area (TPSA) is 15.3 Å². The summed E-state index contributed by atoms with van der Waals surface area (Å²) < 4.78 is 0. The summed E-state index contributed by atoms with van der Waals surface area (Å²) in [5.74, 6) is 0. The average Bonchev–Trinajstić information content (AvgIpc) is 3.09. The molecule has 0 aromatic carbocycles. The first-order valence-electron chi connectivity index (χ1n) is 7.31. The van der Waals surface area contributed by atoms with Crippen molar-refractivity contribution in [3.05, 3.63) is 44.3 Å². The molecule has 0 spiro atoms. The Bertz CT molecular complexity index is 532. The summed E-state index contributed by atoms with van der Waals surface area (Å²) >= 11 is 3.75. The fourth-order valence-corrected chi connectivity index (χ4v) is 4.70. The molecule has 0 bridgehead atoms. The van der Waals surface area contributed by atoms with Crippen molar-refractivity contribution in [2.75, 3.05) is 13.1 Å². The van der Waals surface area contributed by atoms with Gasteiger partial charge in [0.1, 0.15) is 0 Å². The molecule has 0 fully saturated rings. The van der Waals surface area contributed by atoms with Gasteiger partial charge in [-0.2, -0.15) is 0 Å². The fraction of sp³-hybridized carbons (Fsp3) is 0.500. The first-order valence-corrected chi connectivity index (χ1v) is 9.06. The van der Waals surface area contributed by atoms with Crippen LogP contribution >= 0.6 is 22.7 Å². The van der Waals surface area contributed by atoms with Gasteiger partial charge in [0.15, 0.2) is 0 Å². The third-order valence-electron chi connectivity index (χ3n) is 4.21. The van der Waals surface area contributed by atoms with Gasteiger partial charge >= 0.3 is 0 Å². The van der Waals surface area contributed by atoms with E-state index >= 15 is 0 Å². The third-order valence-corrected chi connectivity index (χ3v) is 6.08. The van der Waals surface area contributed by atoms with Crippen LogP contribution in [0.2, 0.25) is 0 Å². The second-order valence-electron chi connectivity index (χ2n) is 5.52. The van der Waals surface area contributed by atoms with Crippen LogP contribution in [0.5, 0.6) is 0 Å². The molecule has 2 aromatic rings. The van der Waals surface area contributed by atoms with Gasteiger partial charge in [0.25, 0.3) is 0 Å². The lowest BCUT2D eigenvalue weighted by Gasteiger charge is -2.38. The second-order valence-corrected chi connectivity index (χ2v) is 7.56. The summed E-state index contributed by atoms with van der Waals surface area (Å²) in [7, 11) is 0. The van der Waals surface area contributed by atoms with Gasteiger partial charge in [0.05, 0.1) is 0 Å². The zero-order valence-corrected chi connectivity index (χ0v) is 13.8. The summed E-state index contributed by atoms with van der Waals surface area (Å²) in [6.07, 6.45) is 1.21. The van der Waals surface area contributed by atoms with Crippen LogP contribution in [-0.4, -0.2) is 24.0 Å². The average molecular weight is 306 g/mol. The van der Waals surface area contributed by atoms with E-state index in [0.29, 0.717) is 12.1 Å². The molecule has 1 aliphatic rings. The minimum absolute atomic E-state index is 0.559. The number of hydrogen-bond acceptors (Lipinski definition) is 4. The number of nitrogens with zero attached hydrogens (tertiary/aromatic N) is 1. The van der Waals surface area contributed by atoms with Crippen LogP contribution in [0.3, 0.4) is 0 Å². The molecular formula is C16H22N2S2. The molecule has 0 saturated heterocycles. The monoisotopic (exact) mass is 306 g/mol. The van der Waals surface area contributed by atoms with E-state index in [1.54, 1.807) is 10.4 Å². The molecule has 4 heteroatoms. The summed E-state index contributed by atoms with van der Waals surface area (Å²) in [4.78, 5) is 5.65. The fourth-order valence-electron chi connectivity index (χ4n) is 3.07. The molecule has 0 amide bonds. The lowest BCUT2D eigenvalue weighted by Crippen LogP contribution is -2.44. The van der Waals surface area contributed by atoms with Crippen molar-refractivity contribution >= 4 is 22.7 Å². The maximum atomic E-state index is 3.59. The Morgan fingerprint density at radius 2 is 2.25 bits per heavy atom. The lowest BCUT2D eigenvalue weighted by atomic mass is 9.99. The van der Waals surface area contributed by atoms with Gasteiger partial charge in [-0.3, -0.25) is 4.90 Å². The van der Waals surface area contributed by atoms with Crippen LogP contribution in [0.15, 0.2) is 29.0 Å². The minimum atomic E-state index is 0.559. The normalized spacial score (nSPS) is 20.8. The highest BCUT2D eigenvalue weighted by Gasteiger charge is 2.27. The molecule has 1 aliphatic heterocycles. The van der Waals surface area contributed by atoms with E-state index in [0.717, 1.165) is 13.1 Å². The molecule has 3 heterocycles. The van der Waals surface area contributed by atoms with Crippen LogP contribution < -0.4 is 5.32 Å². The number of fused-ring (bicyclic) bond motifs is 1. The van der Waals surface area contributed by atoms with Gasteiger partial charge in [0.2, 0.25) is 0 Å². The van der Waals surface area contributed by atoms with E-state index in [1.165, 1.54) is 17.8 Å². The van der Waals surface area contributed by atoms with E-state index in [9.17, 15) is 0 Å². The number of hydrogen-bond donors (Lipinski definition) is 1. The number of nitrogens with one attached hydrogen (secondary N) is 1. The van der Waals surface area contributed by atoms with Gasteiger partial charge in [-0.25, -0.2) is 0 Å². The smallest absolute Gasteiger partial charge is 0.0334 e. The Morgan fingerprint density at radius 1 is 1.35 bits per heavy atom. The highest BCUT2D eigenvalue weighted by atomic mass is 32.1. The first kappa shape index (κ1) is 14.3. The second kappa shape index (κ2) is 6.39. The first-order chi connectivity index (χ1) is 9.75. The van der Waals surface area contributed by atoms with Gasteiger partial charge in [-0.05, 0) is 48.7 Å². The van der Waals surface area contributed by atoms with Crippen molar-refractivity contribution in [2.24, 2.45) is 0 Å². The zero-order valence-electron chi connectivity index (χ0n) is 12.1. The quantitative estimate of drug-likeness (QED) is 0.901. The third kappa shape index (κ3) is 2.98. The molecule has 3 rings (SSSR count). The van der Waals surface area contributed by atoms with E-state index in [4.69, 9.17) is 0 Å². The van der Waals surface area contributed by atoms with Crippen LogP contribution in [0.1, 0.15) is 35.2 Å². The van der Waals surface area contributed by atoms with E-state index in [1.807, 2.05) is 22.7 Å². The number of thiophene rings is 2. The highest BCUT2D eigenvalue weighted by molar-refractivity contribution is 7.10. The highest BCUT2D eigenvalue weighted by Crippen LogP contribution is 2.33. The standard InChI is InChI=1S/C16H22N2S2/c1-12(10-17-11-14-4-3-8-19-14)18-7-5-16-15(13(18)2)6-9-20-16/h3-4,6,8-9,12-13,17H,5,7,10-11H2,1-2H3. The van der Waals surface area contributed by atoms with Crippen LogP contribution in [0.25, 0.3) is 0 Å². The minimum Gasteiger partial charge on any atom is -0.310 e. The van der Waals surface area contributed by atoms with Crippen LogP contribution in [0.4, 0.5) is 0 Å². The van der Waals surface area contributed by atoms with E-state index in [-0.39, 0.29) is 0 Å². The van der Waals surface area contributed by atoms with Crippen molar-refractivity contribution < 1.29 is 0 Å². The zero-order chi connectivity index (χ0) is 13.9. The predicted octanol–water partition coefficient (Wildman–Crippen LogP) is 3.91. The van der Waals surface area contributed by atoms with Crippen molar-refractivity contribution in [3.63, 3.8) is 0 Å². The Morgan fingerprint density at radius 3 is 3.05 bits per heavy atom. The molecule has 2 atom stereocenters. The molecule has 2 nitrogen and oxygen atoms in total. The summed E-state index contributed by atoms with van der Waals surface area (Å²) in [6.45, 7) is 7.93. The van der Waals surface area contributed by atoms with Gasteiger partial charge in [0, 0.05) is 41.5 Å². The summed E-state index contributed by atoms with van der Waals surface area (Å²) in [6, 6.07) is 7.77. The van der Waals surface area contributed by atoms with Crippen molar-refractivity contribution in [3.8, 4) is 0 Å². The molecule has 108 valence electrons. The molecule has 2 aromatic heterocycles. The van der Waals surface area contributed by atoms with Crippen LogP contribution in [-0.2, 0) is 13.0 Å². The van der Waals surface area contributed by atoms with Crippen molar-refractivity contribution in [1.82, 2.24) is 10.2 Å². The Kier molecular flexibility index (Phi) is 4.56. The summed E-state index contributed by atoms with van der Waals surface area (Å²) in [5, 5.41) is 7.98.